The summed E-state index contributed by atoms with van der Waals surface area (Å²) < 4.78 is 0. The fourth-order valence-corrected chi connectivity index (χ4v) is 2.17. The van der Waals surface area contributed by atoms with Gasteiger partial charge in [-0.25, -0.2) is 0 Å². The molecular formula is C14H16N4O3. The van der Waals surface area contributed by atoms with E-state index in [4.69, 9.17) is 5.73 Å². The molecule has 0 spiro atoms. The molecule has 1 unspecified atom stereocenters. The van der Waals surface area contributed by atoms with Crippen LogP contribution in [0.25, 0.3) is 10.9 Å². The topological polar surface area (TPSA) is 111 Å². The van der Waals surface area contributed by atoms with E-state index in [9.17, 15) is 14.9 Å². The van der Waals surface area contributed by atoms with Crippen LogP contribution in [0.3, 0.4) is 0 Å². The Morgan fingerprint density at radius 3 is 2.67 bits per heavy atom. The molecule has 0 aliphatic rings. The van der Waals surface area contributed by atoms with Crippen LogP contribution in [-0.2, 0) is 4.79 Å². The van der Waals surface area contributed by atoms with Crippen molar-refractivity contribution in [3.05, 3.63) is 40.6 Å². The van der Waals surface area contributed by atoms with E-state index in [1.807, 2.05) is 13.8 Å². The minimum atomic E-state index is -0.573. The third-order valence-electron chi connectivity index (χ3n) is 3.23. The second-order valence-corrected chi connectivity index (χ2v) is 5.06. The molecule has 110 valence electrons. The summed E-state index contributed by atoms with van der Waals surface area (Å²) in [6.45, 7) is 3.73. The summed E-state index contributed by atoms with van der Waals surface area (Å²) in [5, 5.41) is 14.5. The molecule has 1 atom stereocenters. The summed E-state index contributed by atoms with van der Waals surface area (Å²) in [5.41, 5.74) is 6.35. The van der Waals surface area contributed by atoms with Gasteiger partial charge >= 0.3 is 0 Å². The monoisotopic (exact) mass is 288 g/mol. The smallest absolute Gasteiger partial charge is 0.278 e. The number of anilines is 1. The maximum atomic E-state index is 11.5. The van der Waals surface area contributed by atoms with Crippen molar-refractivity contribution in [3.63, 3.8) is 0 Å². The SMILES string of the molecule is CC(C)C(Nc1ccc([N+](=O)[O-])c2cccnc12)C(N)=O. The number of fused-ring (bicyclic) bond motifs is 1. The van der Waals surface area contributed by atoms with E-state index in [2.05, 4.69) is 10.3 Å². The number of hydrogen-bond donors (Lipinski definition) is 2. The number of nitro benzene ring substituents is 1. The molecule has 1 aromatic carbocycles. The number of pyridine rings is 1. The molecule has 3 N–H and O–H groups in total. The normalized spacial score (nSPS) is 12.3. The Kier molecular flexibility index (Phi) is 4.02. The number of amides is 1. The van der Waals surface area contributed by atoms with Gasteiger partial charge in [0.2, 0.25) is 5.91 Å². The first-order valence-electron chi connectivity index (χ1n) is 6.49. The number of nitrogens with two attached hydrogens (primary N) is 1. The highest BCUT2D eigenvalue weighted by molar-refractivity contribution is 5.98. The van der Waals surface area contributed by atoms with Gasteiger partial charge in [-0.05, 0) is 24.1 Å². The van der Waals surface area contributed by atoms with Gasteiger partial charge in [0.15, 0.2) is 0 Å². The second kappa shape index (κ2) is 5.74. The van der Waals surface area contributed by atoms with Gasteiger partial charge in [0.25, 0.3) is 5.69 Å². The minimum Gasteiger partial charge on any atom is -0.372 e. The molecule has 0 saturated carbocycles. The number of nitro groups is 1. The van der Waals surface area contributed by atoms with E-state index >= 15 is 0 Å². The lowest BCUT2D eigenvalue weighted by Crippen LogP contribution is -2.39. The summed E-state index contributed by atoms with van der Waals surface area (Å²) >= 11 is 0. The average molecular weight is 288 g/mol. The molecule has 0 saturated heterocycles. The molecule has 21 heavy (non-hydrogen) atoms. The van der Waals surface area contributed by atoms with Crippen LogP contribution < -0.4 is 11.1 Å². The lowest BCUT2D eigenvalue weighted by molar-refractivity contribution is -0.383. The Bertz CT molecular complexity index is 700. The van der Waals surface area contributed by atoms with Crippen LogP contribution in [0.4, 0.5) is 11.4 Å². The summed E-state index contributed by atoms with van der Waals surface area (Å²) in [6.07, 6.45) is 1.55. The number of primary amides is 1. The van der Waals surface area contributed by atoms with E-state index in [0.717, 1.165) is 0 Å². The molecule has 0 bridgehead atoms. The Balaban J connectivity index is 2.53. The van der Waals surface area contributed by atoms with Crippen molar-refractivity contribution in [1.29, 1.82) is 0 Å². The zero-order valence-electron chi connectivity index (χ0n) is 11.7. The Hall–Kier alpha value is -2.70. The quantitative estimate of drug-likeness (QED) is 0.646. The molecule has 7 heteroatoms. The van der Waals surface area contributed by atoms with Gasteiger partial charge in [0, 0.05) is 12.3 Å². The van der Waals surface area contributed by atoms with Gasteiger partial charge in [-0.3, -0.25) is 19.9 Å². The maximum absolute atomic E-state index is 11.5. The number of aromatic nitrogens is 1. The van der Waals surface area contributed by atoms with E-state index in [1.165, 1.54) is 6.07 Å². The second-order valence-electron chi connectivity index (χ2n) is 5.06. The lowest BCUT2D eigenvalue weighted by Gasteiger charge is -2.20. The summed E-state index contributed by atoms with van der Waals surface area (Å²) in [7, 11) is 0. The number of benzene rings is 1. The van der Waals surface area contributed by atoms with E-state index in [-0.39, 0.29) is 11.6 Å². The van der Waals surface area contributed by atoms with E-state index in [1.54, 1.807) is 24.4 Å². The van der Waals surface area contributed by atoms with Crippen LogP contribution in [0.2, 0.25) is 0 Å². The van der Waals surface area contributed by atoms with Crippen molar-refractivity contribution in [2.75, 3.05) is 5.32 Å². The van der Waals surface area contributed by atoms with Crippen LogP contribution >= 0.6 is 0 Å². The molecule has 0 aliphatic heterocycles. The molecule has 2 rings (SSSR count). The van der Waals surface area contributed by atoms with E-state index in [0.29, 0.717) is 16.6 Å². The van der Waals surface area contributed by atoms with Crippen LogP contribution in [0.1, 0.15) is 13.8 Å². The van der Waals surface area contributed by atoms with Gasteiger partial charge in [0.1, 0.15) is 11.6 Å². The van der Waals surface area contributed by atoms with Crippen molar-refractivity contribution in [3.8, 4) is 0 Å². The van der Waals surface area contributed by atoms with Crippen LogP contribution in [-0.4, -0.2) is 21.9 Å². The third kappa shape index (κ3) is 2.91. The largest absolute Gasteiger partial charge is 0.372 e. The van der Waals surface area contributed by atoms with Crippen LogP contribution in [0, 0.1) is 16.0 Å². The van der Waals surface area contributed by atoms with Gasteiger partial charge in [0.05, 0.1) is 16.0 Å². The van der Waals surface area contributed by atoms with Gasteiger partial charge < -0.3 is 11.1 Å². The van der Waals surface area contributed by atoms with Gasteiger partial charge in [-0.1, -0.05) is 13.8 Å². The average Bonchev–Trinajstić information content (AvgIpc) is 2.43. The molecule has 0 radical (unpaired) electrons. The maximum Gasteiger partial charge on any atom is 0.278 e. The fourth-order valence-electron chi connectivity index (χ4n) is 2.17. The zero-order chi connectivity index (χ0) is 15.6. The van der Waals surface area contributed by atoms with Crippen molar-refractivity contribution >= 4 is 28.2 Å². The highest BCUT2D eigenvalue weighted by Crippen LogP contribution is 2.30. The number of carbonyl (C=O) groups excluding carboxylic acids is 1. The Morgan fingerprint density at radius 1 is 1.38 bits per heavy atom. The molecule has 0 fully saturated rings. The molecule has 1 aromatic heterocycles. The Morgan fingerprint density at radius 2 is 2.10 bits per heavy atom. The van der Waals surface area contributed by atoms with Crippen molar-refractivity contribution in [2.24, 2.45) is 11.7 Å². The molecule has 2 aromatic rings. The molecular weight excluding hydrogens is 272 g/mol. The molecule has 7 nitrogen and oxygen atoms in total. The number of nitrogens with one attached hydrogen (secondary N) is 1. The van der Waals surface area contributed by atoms with Crippen LogP contribution in [0.5, 0.6) is 0 Å². The van der Waals surface area contributed by atoms with Gasteiger partial charge in [-0.2, -0.15) is 0 Å². The predicted molar refractivity (Wildman–Crippen MR) is 79.8 cm³/mol. The number of rotatable bonds is 5. The van der Waals surface area contributed by atoms with E-state index < -0.39 is 16.9 Å². The first-order valence-corrected chi connectivity index (χ1v) is 6.49. The Labute approximate surface area is 121 Å². The summed E-state index contributed by atoms with van der Waals surface area (Å²) in [4.78, 5) is 26.3. The molecule has 1 amide bonds. The first-order chi connectivity index (χ1) is 9.91. The highest BCUT2D eigenvalue weighted by Gasteiger charge is 2.22. The van der Waals surface area contributed by atoms with Crippen molar-refractivity contribution in [2.45, 2.75) is 19.9 Å². The van der Waals surface area contributed by atoms with Gasteiger partial charge in [-0.15, -0.1) is 0 Å². The molecule has 0 aliphatic carbocycles. The van der Waals surface area contributed by atoms with Crippen molar-refractivity contribution < 1.29 is 9.72 Å². The number of nitrogens with zero attached hydrogens (tertiary/aromatic N) is 2. The fraction of sp³-hybridized carbons (Fsp3) is 0.286. The predicted octanol–water partition coefficient (Wildman–Crippen LogP) is 2.06. The standard InChI is InChI=1S/C14H16N4O3/c1-8(2)12(14(15)19)17-10-5-6-11(18(20)21)9-4-3-7-16-13(9)10/h3-8,12,17H,1-2H3,(H2,15,19). The number of non-ortho nitro benzene ring substituents is 1. The summed E-state index contributed by atoms with van der Waals surface area (Å²) in [5.74, 6) is -0.496. The van der Waals surface area contributed by atoms with Crippen molar-refractivity contribution in [1.82, 2.24) is 4.98 Å². The number of hydrogen-bond acceptors (Lipinski definition) is 5. The van der Waals surface area contributed by atoms with Crippen LogP contribution in [0.15, 0.2) is 30.5 Å². The summed E-state index contributed by atoms with van der Waals surface area (Å²) in [6, 6.07) is 5.63. The lowest BCUT2D eigenvalue weighted by atomic mass is 10.0. The zero-order valence-corrected chi connectivity index (χ0v) is 11.7. The third-order valence-corrected chi connectivity index (χ3v) is 3.23. The minimum absolute atomic E-state index is 0.0172. The highest BCUT2D eigenvalue weighted by atomic mass is 16.6. The number of carbonyl (C=O) groups is 1. The first kappa shape index (κ1) is 14.7. The molecule has 1 heterocycles.